The molecule has 0 heterocycles. The number of Topliss-reactive ketones (excluding diaryl/α,β-unsaturated/α-hetero) is 1. The lowest BCUT2D eigenvalue weighted by Gasteiger charge is -1.79. The highest BCUT2D eigenvalue weighted by molar-refractivity contribution is 6.09. The normalized spacial score (nSPS) is 19.4. The zero-order valence-corrected chi connectivity index (χ0v) is 4.42. The third-order valence-corrected chi connectivity index (χ3v) is 0.977. The van der Waals surface area contributed by atoms with Crippen LogP contribution in [0.1, 0.15) is 0 Å². The minimum atomic E-state index is -2.05. The number of hydrogen-bond donors (Lipinski definition) is 0. The summed E-state index contributed by atoms with van der Waals surface area (Å²) < 4.78 is 47.3. The van der Waals surface area contributed by atoms with E-state index in [1.54, 1.807) is 0 Å². The molecule has 0 spiro atoms. The van der Waals surface area contributed by atoms with Gasteiger partial charge in [0.15, 0.2) is 0 Å². The van der Waals surface area contributed by atoms with Gasteiger partial charge in [-0.15, -0.1) is 0 Å². The Balaban J connectivity index is 3.22. The molecule has 0 saturated carbocycles. The average Bonchev–Trinajstić information content (AvgIpc) is 2.07. The topological polar surface area (TPSA) is 17.1 Å². The number of carbonyl (C=O) groups is 1. The number of rotatable bonds is 0. The highest BCUT2D eigenvalue weighted by Gasteiger charge is 2.34. The molecule has 1 nitrogen and oxygen atoms in total. The molecular formula is C5F4O. The molecule has 0 saturated heterocycles. The summed E-state index contributed by atoms with van der Waals surface area (Å²) in [7, 11) is 0. The first-order valence-corrected chi connectivity index (χ1v) is 2.21. The van der Waals surface area contributed by atoms with Gasteiger partial charge in [-0.05, 0) is 0 Å². The molecule has 1 rings (SSSR count). The fraction of sp³-hybridized carbons (Fsp3) is 0. The van der Waals surface area contributed by atoms with E-state index in [4.69, 9.17) is 0 Å². The van der Waals surface area contributed by atoms with Crippen LogP contribution in [0.3, 0.4) is 0 Å². The molecule has 0 unspecified atom stereocenters. The van der Waals surface area contributed by atoms with Crippen LogP contribution >= 0.6 is 0 Å². The van der Waals surface area contributed by atoms with Crippen molar-refractivity contribution >= 4 is 5.78 Å². The third kappa shape index (κ3) is 0.665. The van der Waals surface area contributed by atoms with Gasteiger partial charge in [-0.2, -0.15) is 8.78 Å². The van der Waals surface area contributed by atoms with Crippen LogP contribution in [0, 0.1) is 0 Å². The molecule has 0 N–H and O–H groups in total. The van der Waals surface area contributed by atoms with Gasteiger partial charge in [0.25, 0.3) is 5.78 Å². The zero-order valence-electron chi connectivity index (χ0n) is 4.42. The number of allylic oxidation sites excluding steroid dienone is 4. The Morgan fingerprint density at radius 3 is 1.10 bits per heavy atom. The first kappa shape index (κ1) is 6.98. The van der Waals surface area contributed by atoms with Crippen molar-refractivity contribution in [3.05, 3.63) is 23.3 Å². The lowest BCUT2D eigenvalue weighted by atomic mass is 10.4. The lowest BCUT2D eigenvalue weighted by Crippen LogP contribution is -1.92. The van der Waals surface area contributed by atoms with E-state index in [-0.39, 0.29) is 0 Å². The summed E-state index contributed by atoms with van der Waals surface area (Å²) in [5, 5.41) is 0. The van der Waals surface area contributed by atoms with E-state index in [0.717, 1.165) is 0 Å². The van der Waals surface area contributed by atoms with Gasteiger partial charge in [-0.1, -0.05) is 0 Å². The molecule has 0 aromatic rings. The highest BCUT2D eigenvalue weighted by Crippen LogP contribution is 2.32. The van der Waals surface area contributed by atoms with E-state index in [1.165, 1.54) is 0 Å². The summed E-state index contributed by atoms with van der Waals surface area (Å²) in [6.45, 7) is 0. The van der Waals surface area contributed by atoms with Crippen molar-refractivity contribution in [1.29, 1.82) is 0 Å². The molecule has 54 valence electrons. The van der Waals surface area contributed by atoms with Crippen molar-refractivity contribution in [2.45, 2.75) is 0 Å². The molecule has 0 fully saturated rings. The molecule has 0 aliphatic heterocycles. The van der Waals surface area contributed by atoms with Crippen molar-refractivity contribution in [2.24, 2.45) is 0 Å². The molecular weight excluding hydrogens is 152 g/mol. The summed E-state index contributed by atoms with van der Waals surface area (Å²) >= 11 is 0. The van der Waals surface area contributed by atoms with Gasteiger partial charge in [0.2, 0.25) is 23.3 Å². The van der Waals surface area contributed by atoms with Crippen molar-refractivity contribution in [3.63, 3.8) is 0 Å². The van der Waals surface area contributed by atoms with Crippen LogP contribution in [-0.4, -0.2) is 5.78 Å². The van der Waals surface area contributed by atoms with Gasteiger partial charge in [-0.3, -0.25) is 4.79 Å². The van der Waals surface area contributed by atoms with Crippen LogP contribution < -0.4 is 0 Å². The van der Waals surface area contributed by atoms with Crippen LogP contribution in [-0.2, 0) is 4.79 Å². The monoisotopic (exact) mass is 152 g/mol. The third-order valence-electron chi connectivity index (χ3n) is 0.977. The Hall–Kier alpha value is -1.13. The summed E-state index contributed by atoms with van der Waals surface area (Å²) in [4.78, 5) is 9.98. The van der Waals surface area contributed by atoms with Gasteiger partial charge >= 0.3 is 0 Å². The van der Waals surface area contributed by atoms with E-state index in [0.29, 0.717) is 0 Å². The second-order valence-corrected chi connectivity index (χ2v) is 1.59. The SMILES string of the molecule is O=C1C(F)=C(F)C(F)=C1F. The maximum Gasteiger partial charge on any atom is 0.255 e. The zero-order chi connectivity index (χ0) is 7.89. The molecule has 0 radical (unpaired) electrons. The van der Waals surface area contributed by atoms with E-state index in [2.05, 4.69) is 0 Å². The number of carbonyl (C=O) groups excluding carboxylic acids is 1. The van der Waals surface area contributed by atoms with Gasteiger partial charge in [0.1, 0.15) is 0 Å². The van der Waals surface area contributed by atoms with E-state index >= 15 is 0 Å². The predicted molar refractivity (Wildman–Crippen MR) is 23.5 cm³/mol. The van der Waals surface area contributed by atoms with Crippen LogP contribution in [0.5, 0.6) is 0 Å². The molecule has 0 aromatic heterocycles. The Bertz CT molecular complexity index is 237. The smallest absolute Gasteiger partial charge is 0.255 e. The molecule has 0 amide bonds. The van der Waals surface area contributed by atoms with Crippen molar-refractivity contribution in [2.75, 3.05) is 0 Å². The van der Waals surface area contributed by atoms with Crippen molar-refractivity contribution in [3.8, 4) is 0 Å². The molecule has 5 heteroatoms. The quantitative estimate of drug-likeness (QED) is 0.484. The summed E-state index contributed by atoms with van der Waals surface area (Å²) in [5.41, 5.74) is 0. The fourth-order valence-corrected chi connectivity index (χ4v) is 0.488. The Kier molecular flexibility index (Phi) is 1.35. The second-order valence-electron chi connectivity index (χ2n) is 1.59. The van der Waals surface area contributed by atoms with Crippen LogP contribution in [0.15, 0.2) is 23.3 Å². The van der Waals surface area contributed by atoms with Gasteiger partial charge in [0.05, 0.1) is 0 Å². The van der Waals surface area contributed by atoms with Crippen LogP contribution in [0.2, 0.25) is 0 Å². The molecule has 1 aliphatic rings. The van der Waals surface area contributed by atoms with E-state index in [9.17, 15) is 22.4 Å². The van der Waals surface area contributed by atoms with Crippen LogP contribution in [0.25, 0.3) is 0 Å². The average molecular weight is 152 g/mol. The predicted octanol–water partition coefficient (Wildman–Crippen LogP) is 1.87. The highest BCUT2D eigenvalue weighted by atomic mass is 19.2. The summed E-state index contributed by atoms with van der Waals surface area (Å²) in [6.07, 6.45) is 0. The Morgan fingerprint density at radius 2 is 1.00 bits per heavy atom. The fourth-order valence-electron chi connectivity index (χ4n) is 0.488. The number of halogens is 4. The maximum absolute atomic E-state index is 11.8. The number of hydrogen-bond acceptors (Lipinski definition) is 1. The summed E-state index contributed by atoms with van der Waals surface area (Å²) in [6, 6.07) is 0. The molecule has 0 aromatic carbocycles. The Morgan fingerprint density at radius 1 is 0.700 bits per heavy atom. The van der Waals surface area contributed by atoms with E-state index < -0.39 is 29.1 Å². The van der Waals surface area contributed by atoms with Crippen LogP contribution in [0.4, 0.5) is 17.6 Å². The minimum Gasteiger partial charge on any atom is -0.283 e. The van der Waals surface area contributed by atoms with Gasteiger partial charge in [0, 0.05) is 0 Å². The van der Waals surface area contributed by atoms with Gasteiger partial charge in [-0.25, -0.2) is 8.78 Å². The molecule has 1 aliphatic carbocycles. The summed E-state index contributed by atoms with van der Waals surface area (Å²) in [5.74, 6) is -9.98. The lowest BCUT2D eigenvalue weighted by molar-refractivity contribution is -0.114. The second kappa shape index (κ2) is 1.93. The number of ketones is 1. The minimum absolute atomic E-state index is 1.87. The first-order chi connectivity index (χ1) is 4.55. The first-order valence-electron chi connectivity index (χ1n) is 2.21. The maximum atomic E-state index is 11.8. The molecule has 0 bridgehead atoms. The molecule has 10 heavy (non-hydrogen) atoms. The van der Waals surface area contributed by atoms with Crippen molar-refractivity contribution < 1.29 is 22.4 Å². The van der Waals surface area contributed by atoms with Gasteiger partial charge < -0.3 is 0 Å². The van der Waals surface area contributed by atoms with E-state index in [1.807, 2.05) is 0 Å². The molecule has 0 atom stereocenters. The van der Waals surface area contributed by atoms with Crippen molar-refractivity contribution in [1.82, 2.24) is 0 Å². The standard InChI is InChI=1S/C5F4O/c6-1-2(7)4(9)5(10)3(1)8. The Labute approximate surface area is 52.6 Å². The largest absolute Gasteiger partial charge is 0.283 e.